The maximum absolute atomic E-state index is 11.4. The first-order chi connectivity index (χ1) is 10.7. The SMILES string of the molecule is COC(=O)c1ccc(COc2cc(Br)cc3[nH]ncc23)cc1. The third-order valence-electron chi connectivity index (χ3n) is 3.25. The van der Waals surface area contributed by atoms with Gasteiger partial charge in [0.25, 0.3) is 0 Å². The smallest absolute Gasteiger partial charge is 0.337 e. The number of hydrogen-bond acceptors (Lipinski definition) is 4. The Kier molecular flexibility index (Phi) is 4.11. The molecule has 0 saturated heterocycles. The first-order valence-corrected chi connectivity index (χ1v) is 7.39. The van der Waals surface area contributed by atoms with Crippen LogP contribution in [0.4, 0.5) is 0 Å². The normalized spacial score (nSPS) is 10.6. The molecule has 0 bridgehead atoms. The fourth-order valence-corrected chi connectivity index (χ4v) is 2.56. The van der Waals surface area contributed by atoms with Gasteiger partial charge in [0.2, 0.25) is 0 Å². The van der Waals surface area contributed by atoms with Crippen LogP contribution in [0.15, 0.2) is 47.1 Å². The number of ether oxygens (including phenoxy) is 2. The molecule has 0 aliphatic rings. The summed E-state index contributed by atoms with van der Waals surface area (Å²) in [4.78, 5) is 11.4. The van der Waals surface area contributed by atoms with Crippen LogP contribution in [0.25, 0.3) is 10.9 Å². The van der Waals surface area contributed by atoms with E-state index in [1.54, 1.807) is 18.3 Å². The molecule has 1 N–H and O–H groups in total. The van der Waals surface area contributed by atoms with Gasteiger partial charge in [0.05, 0.1) is 29.8 Å². The van der Waals surface area contributed by atoms with E-state index in [0.717, 1.165) is 26.7 Å². The molecule has 0 saturated carbocycles. The molecule has 2 aromatic carbocycles. The number of rotatable bonds is 4. The van der Waals surface area contributed by atoms with Crippen molar-refractivity contribution in [3.05, 3.63) is 58.2 Å². The molecule has 22 heavy (non-hydrogen) atoms. The summed E-state index contributed by atoms with van der Waals surface area (Å²) in [5.74, 6) is 0.398. The molecule has 0 fully saturated rings. The topological polar surface area (TPSA) is 64.2 Å². The lowest BCUT2D eigenvalue weighted by molar-refractivity contribution is 0.0600. The number of fused-ring (bicyclic) bond motifs is 1. The van der Waals surface area contributed by atoms with E-state index in [1.807, 2.05) is 24.3 Å². The lowest BCUT2D eigenvalue weighted by Crippen LogP contribution is -2.02. The van der Waals surface area contributed by atoms with Crippen LogP contribution < -0.4 is 4.74 Å². The van der Waals surface area contributed by atoms with Gasteiger partial charge in [0.15, 0.2) is 0 Å². The highest BCUT2D eigenvalue weighted by atomic mass is 79.9. The average molecular weight is 361 g/mol. The van der Waals surface area contributed by atoms with E-state index in [-0.39, 0.29) is 5.97 Å². The van der Waals surface area contributed by atoms with E-state index in [2.05, 4.69) is 30.9 Å². The van der Waals surface area contributed by atoms with E-state index < -0.39 is 0 Å². The number of H-pyrrole nitrogens is 1. The van der Waals surface area contributed by atoms with Crippen LogP contribution in [0.2, 0.25) is 0 Å². The molecule has 0 spiro atoms. The summed E-state index contributed by atoms with van der Waals surface area (Å²) < 4.78 is 11.5. The number of nitrogens with zero attached hydrogens (tertiary/aromatic N) is 1. The highest BCUT2D eigenvalue weighted by Gasteiger charge is 2.08. The van der Waals surface area contributed by atoms with Gasteiger partial charge >= 0.3 is 5.97 Å². The molecule has 5 nitrogen and oxygen atoms in total. The molecule has 0 aliphatic carbocycles. The van der Waals surface area contributed by atoms with Crippen molar-refractivity contribution in [1.82, 2.24) is 10.2 Å². The minimum Gasteiger partial charge on any atom is -0.488 e. The highest BCUT2D eigenvalue weighted by Crippen LogP contribution is 2.29. The average Bonchev–Trinajstić information content (AvgIpc) is 3.00. The summed E-state index contributed by atoms with van der Waals surface area (Å²) in [7, 11) is 1.36. The minimum absolute atomic E-state index is 0.348. The lowest BCUT2D eigenvalue weighted by Gasteiger charge is -2.08. The third kappa shape index (κ3) is 2.96. The van der Waals surface area contributed by atoms with Crippen LogP contribution in [-0.4, -0.2) is 23.3 Å². The van der Waals surface area contributed by atoms with Gasteiger partial charge in [-0.05, 0) is 29.8 Å². The van der Waals surface area contributed by atoms with E-state index in [9.17, 15) is 4.79 Å². The largest absolute Gasteiger partial charge is 0.488 e. The number of nitrogens with one attached hydrogen (secondary N) is 1. The Hall–Kier alpha value is -2.34. The highest BCUT2D eigenvalue weighted by molar-refractivity contribution is 9.10. The fraction of sp³-hybridized carbons (Fsp3) is 0.125. The number of halogens is 1. The summed E-state index contributed by atoms with van der Waals surface area (Å²) in [6, 6.07) is 11.0. The second-order valence-electron chi connectivity index (χ2n) is 4.71. The number of benzene rings is 2. The van der Waals surface area contributed by atoms with Gasteiger partial charge in [0.1, 0.15) is 12.4 Å². The molecular formula is C16H13BrN2O3. The van der Waals surface area contributed by atoms with Gasteiger partial charge in [-0.25, -0.2) is 4.79 Å². The van der Waals surface area contributed by atoms with Gasteiger partial charge in [-0.1, -0.05) is 28.1 Å². The molecular weight excluding hydrogens is 348 g/mol. The number of esters is 1. The second-order valence-corrected chi connectivity index (χ2v) is 5.63. The van der Waals surface area contributed by atoms with Crippen molar-refractivity contribution in [3.63, 3.8) is 0 Å². The molecule has 6 heteroatoms. The zero-order valence-corrected chi connectivity index (χ0v) is 13.4. The first kappa shape index (κ1) is 14.6. The molecule has 0 atom stereocenters. The molecule has 0 unspecified atom stereocenters. The third-order valence-corrected chi connectivity index (χ3v) is 3.71. The second kappa shape index (κ2) is 6.19. The van der Waals surface area contributed by atoms with Crippen molar-refractivity contribution in [1.29, 1.82) is 0 Å². The fourth-order valence-electron chi connectivity index (χ4n) is 2.12. The van der Waals surface area contributed by atoms with Gasteiger partial charge in [-0.3, -0.25) is 5.10 Å². The summed E-state index contributed by atoms with van der Waals surface area (Å²) in [6.07, 6.45) is 1.73. The Morgan fingerprint density at radius 3 is 2.77 bits per heavy atom. The maximum Gasteiger partial charge on any atom is 0.337 e. The summed E-state index contributed by atoms with van der Waals surface area (Å²) in [6.45, 7) is 0.401. The Bertz CT molecular complexity index is 812. The minimum atomic E-state index is -0.348. The van der Waals surface area contributed by atoms with Crippen LogP contribution in [0, 0.1) is 0 Å². The maximum atomic E-state index is 11.4. The lowest BCUT2D eigenvalue weighted by atomic mass is 10.1. The molecule has 0 amide bonds. The van der Waals surface area contributed by atoms with Crippen LogP contribution in [0.1, 0.15) is 15.9 Å². The summed E-state index contributed by atoms with van der Waals surface area (Å²) in [5.41, 5.74) is 2.39. The van der Waals surface area contributed by atoms with E-state index in [0.29, 0.717) is 12.2 Å². The van der Waals surface area contributed by atoms with Gasteiger partial charge < -0.3 is 9.47 Å². The Balaban J connectivity index is 1.76. The monoisotopic (exact) mass is 360 g/mol. The van der Waals surface area contributed by atoms with Crippen molar-refractivity contribution in [2.75, 3.05) is 7.11 Å². The summed E-state index contributed by atoms with van der Waals surface area (Å²) in [5, 5.41) is 7.86. The van der Waals surface area contributed by atoms with E-state index in [1.165, 1.54) is 7.11 Å². The predicted octanol–water partition coefficient (Wildman–Crippen LogP) is 3.69. The molecule has 1 aromatic heterocycles. The number of methoxy groups -OCH3 is 1. The van der Waals surface area contributed by atoms with Crippen LogP contribution in [0.3, 0.4) is 0 Å². The molecule has 0 radical (unpaired) electrons. The zero-order chi connectivity index (χ0) is 15.5. The number of aromatic amines is 1. The molecule has 3 aromatic rings. The van der Waals surface area contributed by atoms with E-state index >= 15 is 0 Å². The van der Waals surface area contributed by atoms with Crippen molar-refractivity contribution >= 4 is 32.8 Å². The van der Waals surface area contributed by atoms with E-state index in [4.69, 9.17) is 4.74 Å². The zero-order valence-electron chi connectivity index (χ0n) is 11.8. The summed E-state index contributed by atoms with van der Waals surface area (Å²) >= 11 is 3.45. The molecule has 0 aliphatic heterocycles. The molecule has 1 heterocycles. The number of aromatic nitrogens is 2. The standard InChI is InChI=1S/C16H13BrN2O3/c1-21-16(20)11-4-2-10(3-5-11)9-22-15-7-12(17)6-14-13(15)8-18-19-14/h2-8H,9H2,1H3,(H,18,19). The predicted molar refractivity (Wildman–Crippen MR) is 85.9 cm³/mol. The van der Waals surface area contributed by atoms with Gasteiger partial charge in [-0.2, -0.15) is 5.10 Å². The van der Waals surface area contributed by atoms with Crippen LogP contribution in [-0.2, 0) is 11.3 Å². The number of carbonyl (C=O) groups is 1. The molecule has 3 rings (SSSR count). The number of carbonyl (C=O) groups excluding carboxylic acids is 1. The Morgan fingerprint density at radius 2 is 2.05 bits per heavy atom. The first-order valence-electron chi connectivity index (χ1n) is 6.60. The Morgan fingerprint density at radius 1 is 1.27 bits per heavy atom. The van der Waals surface area contributed by atoms with Crippen LogP contribution >= 0.6 is 15.9 Å². The van der Waals surface area contributed by atoms with Crippen LogP contribution in [0.5, 0.6) is 5.75 Å². The quantitative estimate of drug-likeness (QED) is 0.720. The van der Waals surface area contributed by atoms with Crippen molar-refractivity contribution in [2.24, 2.45) is 0 Å². The van der Waals surface area contributed by atoms with Crippen molar-refractivity contribution in [3.8, 4) is 5.75 Å². The number of hydrogen-bond donors (Lipinski definition) is 1. The molecule has 112 valence electrons. The van der Waals surface area contributed by atoms with Gasteiger partial charge in [-0.15, -0.1) is 0 Å². The Labute approximate surface area is 135 Å². The van der Waals surface area contributed by atoms with Gasteiger partial charge in [0, 0.05) is 4.47 Å². The van der Waals surface area contributed by atoms with Crippen molar-refractivity contribution in [2.45, 2.75) is 6.61 Å². The van der Waals surface area contributed by atoms with Crippen molar-refractivity contribution < 1.29 is 14.3 Å².